The van der Waals surface area contributed by atoms with Crippen LogP contribution in [0.2, 0.25) is 0 Å². The molecule has 0 radical (unpaired) electrons. The molecule has 0 spiro atoms. The summed E-state index contributed by atoms with van der Waals surface area (Å²) in [6.07, 6.45) is 1.33. The molecule has 0 aliphatic carbocycles. The Labute approximate surface area is 143 Å². The lowest BCUT2D eigenvalue weighted by Crippen LogP contribution is -2.56. The van der Waals surface area contributed by atoms with E-state index in [4.69, 9.17) is 4.74 Å². The van der Waals surface area contributed by atoms with Crippen molar-refractivity contribution < 1.29 is 14.3 Å². The highest BCUT2D eigenvalue weighted by molar-refractivity contribution is 5.92. The number of ether oxygens (including phenoxy) is 1. The number of carbonyl (C=O) groups is 2. The average molecular weight is 336 g/mol. The first kappa shape index (κ1) is 18.3. The third kappa shape index (κ3) is 4.27. The topological polar surface area (TPSA) is 76.5 Å². The van der Waals surface area contributed by atoms with E-state index in [1.165, 1.54) is 0 Å². The van der Waals surface area contributed by atoms with Crippen molar-refractivity contribution in [3.8, 4) is 0 Å². The van der Waals surface area contributed by atoms with Crippen molar-refractivity contribution in [1.29, 1.82) is 0 Å². The number of aryl methyl sites for hydroxylation is 2. The number of amides is 2. The Bertz CT molecular complexity index is 598. The van der Waals surface area contributed by atoms with E-state index in [0.29, 0.717) is 12.2 Å². The Morgan fingerprint density at radius 1 is 1.38 bits per heavy atom. The largest absolute Gasteiger partial charge is 0.444 e. The van der Waals surface area contributed by atoms with Gasteiger partial charge in [-0.1, -0.05) is 0 Å². The van der Waals surface area contributed by atoms with E-state index >= 15 is 0 Å². The third-order valence-corrected chi connectivity index (χ3v) is 4.28. The van der Waals surface area contributed by atoms with Crippen molar-refractivity contribution in [3.05, 3.63) is 17.5 Å². The number of carbonyl (C=O) groups excluding carboxylic acids is 2. The van der Waals surface area contributed by atoms with Crippen molar-refractivity contribution in [2.24, 2.45) is 7.05 Å². The summed E-state index contributed by atoms with van der Waals surface area (Å²) >= 11 is 0. The predicted octanol–water partition coefficient (Wildman–Crippen LogP) is 2.25. The predicted molar refractivity (Wildman–Crippen MR) is 90.8 cm³/mol. The number of nitrogens with one attached hydrogen (secondary N) is 1. The van der Waals surface area contributed by atoms with E-state index < -0.39 is 5.60 Å². The fraction of sp³-hybridized carbons (Fsp3) is 0.706. The highest BCUT2D eigenvalue weighted by Gasteiger charge is 2.34. The van der Waals surface area contributed by atoms with Crippen molar-refractivity contribution in [1.82, 2.24) is 20.0 Å². The van der Waals surface area contributed by atoms with Crippen molar-refractivity contribution in [3.63, 3.8) is 0 Å². The van der Waals surface area contributed by atoms with Gasteiger partial charge in [0.1, 0.15) is 11.3 Å². The SMILES string of the molecule is Cc1cc(C(=O)N[C@@H]2CCCN(C(=O)OC(C)(C)C)[C@H]2C)nn1C. The molecule has 24 heavy (non-hydrogen) atoms. The number of hydrogen-bond donors (Lipinski definition) is 1. The second-order valence-corrected chi connectivity index (χ2v) is 7.43. The van der Waals surface area contributed by atoms with Crippen LogP contribution in [0.1, 0.15) is 56.7 Å². The van der Waals surface area contributed by atoms with Gasteiger partial charge in [-0.15, -0.1) is 0 Å². The number of hydrogen-bond acceptors (Lipinski definition) is 4. The van der Waals surface area contributed by atoms with Gasteiger partial charge in [0, 0.05) is 25.3 Å². The number of piperidine rings is 1. The molecular weight excluding hydrogens is 308 g/mol. The Balaban J connectivity index is 2.03. The third-order valence-electron chi connectivity index (χ3n) is 4.28. The smallest absolute Gasteiger partial charge is 0.410 e. The quantitative estimate of drug-likeness (QED) is 0.898. The van der Waals surface area contributed by atoms with Gasteiger partial charge in [-0.3, -0.25) is 9.48 Å². The molecule has 1 aliphatic heterocycles. The maximum atomic E-state index is 12.4. The number of nitrogens with zero attached hydrogens (tertiary/aromatic N) is 3. The monoisotopic (exact) mass is 336 g/mol. The molecule has 2 amide bonds. The first-order chi connectivity index (χ1) is 11.1. The lowest BCUT2D eigenvalue weighted by Gasteiger charge is -2.40. The Kier molecular flexibility index (Phi) is 5.20. The van der Waals surface area contributed by atoms with Gasteiger partial charge in [0.2, 0.25) is 0 Å². The number of likely N-dealkylation sites (tertiary alicyclic amines) is 1. The normalized spacial score (nSPS) is 21.5. The highest BCUT2D eigenvalue weighted by atomic mass is 16.6. The van der Waals surface area contributed by atoms with Crippen molar-refractivity contribution >= 4 is 12.0 Å². The van der Waals surface area contributed by atoms with E-state index in [2.05, 4.69) is 10.4 Å². The minimum Gasteiger partial charge on any atom is -0.444 e. The summed E-state index contributed by atoms with van der Waals surface area (Å²) in [6, 6.07) is 1.53. The molecule has 1 aromatic heterocycles. The van der Waals surface area contributed by atoms with Gasteiger partial charge in [-0.05, 0) is 53.5 Å². The van der Waals surface area contributed by atoms with Crippen LogP contribution < -0.4 is 5.32 Å². The second-order valence-electron chi connectivity index (χ2n) is 7.43. The molecule has 0 aromatic carbocycles. The molecule has 1 aromatic rings. The molecule has 1 N–H and O–H groups in total. The van der Waals surface area contributed by atoms with Crippen molar-refractivity contribution in [2.45, 2.75) is 65.1 Å². The highest BCUT2D eigenvalue weighted by Crippen LogP contribution is 2.21. The first-order valence-corrected chi connectivity index (χ1v) is 8.39. The molecule has 134 valence electrons. The lowest BCUT2D eigenvalue weighted by atomic mass is 9.97. The van der Waals surface area contributed by atoms with E-state index in [1.807, 2.05) is 34.6 Å². The fourth-order valence-electron chi connectivity index (χ4n) is 2.83. The summed E-state index contributed by atoms with van der Waals surface area (Å²) in [5.41, 5.74) is 0.794. The molecule has 0 bridgehead atoms. The van der Waals surface area contributed by atoms with Gasteiger partial charge in [0.15, 0.2) is 0 Å². The zero-order valence-corrected chi connectivity index (χ0v) is 15.4. The summed E-state index contributed by atoms with van der Waals surface area (Å²) in [5, 5.41) is 7.21. The number of rotatable bonds is 2. The van der Waals surface area contributed by atoms with E-state index in [1.54, 1.807) is 22.7 Å². The van der Waals surface area contributed by atoms with Crippen LogP contribution in [0.4, 0.5) is 4.79 Å². The molecule has 7 nitrogen and oxygen atoms in total. The minimum absolute atomic E-state index is 0.110. The zero-order valence-electron chi connectivity index (χ0n) is 15.4. The van der Waals surface area contributed by atoms with Gasteiger partial charge in [0.25, 0.3) is 5.91 Å². The van der Waals surface area contributed by atoms with Crippen LogP contribution in [0.25, 0.3) is 0 Å². The molecule has 0 unspecified atom stereocenters. The summed E-state index contributed by atoms with van der Waals surface area (Å²) < 4.78 is 7.14. The summed E-state index contributed by atoms with van der Waals surface area (Å²) in [4.78, 5) is 26.5. The summed E-state index contributed by atoms with van der Waals surface area (Å²) in [6.45, 7) is 10.0. The van der Waals surface area contributed by atoms with Gasteiger partial charge in [-0.25, -0.2) is 4.79 Å². The van der Waals surface area contributed by atoms with E-state index in [-0.39, 0.29) is 24.1 Å². The minimum atomic E-state index is -0.529. The molecule has 7 heteroatoms. The fourth-order valence-corrected chi connectivity index (χ4v) is 2.83. The Morgan fingerprint density at radius 3 is 2.58 bits per heavy atom. The molecular formula is C17H28N4O3. The van der Waals surface area contributed by atoms with Gasteiger partial charge in [0.05, 0.1) is 6.04 Å². The van der Waals surface area contributed by atoms with Crippen LogP contribution in [0.15, 0.2) is 6.07 Å². The Morgan fingerprint density at radius 2 is 2.04 bits per heavy atom. The van der Waals surface area contributed by atoms with E-state index in [0.717, 1.165) is 18.5 Å². The zero-order chi connectivity index (χ0) is 18.1. The van der Waals surface area contributed by atoms with Crippen molar-refractivity contribution in [2.75, 3.05) is 6.54 Å². The molecule has 1 fully saturated rings. The lowest BCUT2D eigenvalue weighted by molar-refractivity contribution is 0.00698. The van der Waals surface area contributed by atoms with Crippen LogP contribution in [0.5, 0.6) is 0 Å². The molecule has 2 atom stereocenters. The number of aromatic nitrogens is 2. The van der Waals surface area contributed by atoms with Crippen LogP contribution >= 0.6 is 0 Å². The standard InChI is InChI=1S/C17H28N4O3/c1-11-10-14(19-20(11)6)15(22)18-13-8-7-9-21(12(13)2)16(23)24-17(3,4)5/h10,12-13H,7-9H2,1-6H3,(H,18,22)/t12-,13+/m0/s1. The summed E-state index contributed by atoms with van der Waals surface area (Å²) in [5.74, 6) is -0.207. The van der Waals surface area contributed by atoms with Crippen LogP contribution in [-0.2, 0) is 11.8 Å². The maximum Gasteiger partial charge on any atom is 0.410 e. The molecule has 1 aliphatic rings. The first-order valence-electron chi connectivity index (χ1n) is 8.39. The molecule has 0 saturated carbocycles. The van der Waals surface area contributed by atoms with Gasteiger partial charge in [-0.2, -0.15) is 5.10 Å². The summed E-state index contributed by atoms with van der Waals surface area (Å²) in [7, 11) is 1.81. The molecule has 2 heterocycles. The molecule has 2 rings (SSSR count). The average Bonchev–Trinajstić information content (AvgIpc) is 2.79. The van der Waals surface area contributed by atoms with Crippen LogP contribution in [-0.4, -0.2) is 50.9 Å². The van der Waals surface area contributed by atoms with Crippen LogP contribution in [0.3, 0.4) is 0 Å². The Hall–Kier alpha value is -2.05. The van der Waals surface area contributed by atoms with E-state index in [9.17, 15) is 9.59 Å². The van der Waals surface area contributed by atoms with Gasteiger partial charge >= 0.3 is 6.09 Å². The second kappa shape index (κ2) is 6.83. The van der Waals surface area contributed by atoms with Gasteiger partial charge < -0.3 is 15.0 Å². The maximum absolute atomic E-state index is 12.4. The molecule has 1 saturated heterocycles. The van der Waals surface area contributed by atoms with Crippen LogP contribution in [0, 0.1) is 6.92 Å².